The van der Waals surface area contributed by atoms with Gasteiger partial charge in [-0.1, -0.05) is 32.9 Å². The molecule has 34 heavy (non-hydrogen) atoms. The van der Waals surface area contributed by atoms with Crippen molar-refractivity contribution in [3.05, 3.63) is 29.8 Å². The highest BCUT2D eigenvalue weighted by atomic mass is 16.7. The third-order valence-electron chi connectivity index (χ3n) is 5.04. The van der Waals surface area contributed by atoms with Gasteiger partial charge < -0.3 is 29.0 Å². The fraction of sp³-hybridized carbons (Fsp3) is 0.583. The molecule has 1 heterocycles. The summed E-state index contributed by atoms with van der Waals surface area (Å²) < 4.78 is 27.9. The second-order valence-corrected chi connectivity index (χ2v) is 9.11. The molecule has 10 heteroatoms. The highest BCUT2D eigenvalue weighted by Gasteiger charge is 2.51. The number of hydrogen-bond acceptors (Lipinski definition) is 9. The molecule has 0 aromatic heterocycles. The van der Waals surface area contributed by atoms with E-state index in [1.807, 2.05) is 12.1 Å². The highest BCUT2D eigenvalue weighted by Crippen LogP contribution is 2.30. The van der Waals surface area contributed by atoms with Crippen molar-refractivity contribution >= 4 is 23.8 Å². The number of ether oxygens (including phenoxy) is 5. The van der Waals surface area contributed by atoms with Crippen molar-refractivity contribution in [3.8, 4) is 5.75 Å². The van der Waals surface area contributed by atoms with Gasteiger partial charge in [0.25, 0.3) is 0 Å². The predicted molar refractivity (Wildman–Crippen MR) is 120 cm³/mol. The minimum absolute atomic E-state index is 0.0641. The second-order valence-electron chi connectivity index (χ2n) is 9.11. The van der Waals surface area contributed by atoms with Gasteiger partial charge in [-0.25, -0.2) is 0 Å². The molecule has 1 aromatic rings. The number of rotatable bonds is 7. The van der Waals surface area contributed by atoms with E-state index in [4.69, 9.17) is 23.7 Å². The van der Waals surface area contributed by atoms with Crippen LogP contribution in [0.5, 0.6) is 5.75 Å². The average molecular weight is 480 g/mol. The quantitative estimate of drug-likeness (QED) is 0.462. The highest BCUT2D eigenvalue weighted by molar-refractivity contribution is 5.73. The van der Waals surface area contributed by atoms with Gasteiger partial charge in [0, 0.05) is 27.7 Å². The Morgan fingerprint density at radius 1 is 0.882 bits per heavy atom. The van der Waals surface area contributed by atoms with Crippen LogP contribution >= 0.6 is 0 Å². The molecule has 2 rings (SSSR count). The summed E-state index contributed by atoms with van der Waals surface area (Å²) in [6.45, 7) is 10.8. The summed E-state index contributed by atoms with van der Waals surface area (Å²) in [5.74, 6) is -1.92. The van der Waals surface area contributed by atoms with Gasteiger partial charge in [0.15, 0.2) is 12.2 Å². The van der Waals surface area contributed by atoms with Crippen molar-refractivity contribution in [2.24, 2.45) is 0 Å². The summed E-state index contributed by atoms with van der Waals surface area (Å²) in [4.78, 5) is 47.1. The normalized spacial score (nSPS) is 24.5. The summed E-state index contributed by atoms with van der Waals surface area (Å²) in [6.07, 6.45) is -4.51. The molecule has 0 bridgehead atoms. The van der Waals surface area contributed by atoms with Crippen LogP contribution in [0, 0.1) is 0 Å². The molecule has 1 aliphatic heterocycles. The van der Waals surface area contributed by atoms with Crippen molar-refractivity contribution in [1.29, 1.82) is 0 Å². The van der Waals surface area contributed by atoms with Gasteiger partial charge in [0.2, 0.25) is 12.2 Å². The van der Waals surface area contributed by atoms with Crippen molar-refractivity contribution in [1.82, 2.24) is 5.32 Å². The molecular weight excluding hydrogens is 446 g/mol. The molecule has 1 aliphatic rings. The largest absolute Gasteiger partial charge is 0.463 e. The van der Waals surface area contributed by atoms with E-state index in [-0.39, 0.29) is 12.0 Å². The SMILES string of the molecule is CC(=O)N[C@@H]1[C@@H](Oc2ccc(C(C)(C)C)cc2)O[C@@H](COC(C)=O)[C@H](OC(C)=O)[C@H]1OC(C)=O. The Hall–Kier alpha value is -3.14. The molecule has 1 fully saturated rings. The van der Waals surface area contributed by atoms with Gasteiger partial charge in [-0.2, -0.15) is 0 Å². The van der Waals surface area contributed by atoms with Crippen LogP contribution in [0.15, 0.2) is 24.3 Å². The molecule has 0 unspecified atom stereocenters. The molecule has 188 valence electrons. The van der Waals surface area contributed by atoms with Gasteiger partial charge in [0.05, 0.1) is 0 Å². The number of hydrogen-bond donors (Lipinski definition) is 1. The van der Waals surface area contributed by atoms with Crippen LogP contribution in [-0.2, 0) is 43.5 Å². The third-order valence-corrected chi connectivity index (χ3v) is 5.04. The van der Waals surface area contributed by atoms with E-state index in [1.165, 1.54) is 27.7 Å². The smallest absolute Gasteiger partial charge is 0.303 e. The fourth-order valence-electron chi connectivity index (χ4n) is 3.56. The summed E-state index contributed by atoms with van der Waals surface area (Å²) in [6, 6.07) is 6.31. The molecule has 5 atom stereocenters. The summed E-state index contributed by atoms with van der Waals surface area (Å²) >= 11 is 0. The van der Waals surface area contributed by atoms with Crippen LogP contribution in [0.3, 0.4) is 0 Å². The molecular formula is C24H33NO9. The van der Waals surface area contributed by atoms with Crippen LogP contribution in [-0.4, -0.2) is 61.1 Å². The Kier molecular flexibility index (Phi) is 9.03. The Balaban J connectivity index is 2.43. The maximum Gasteiger partial charge on any atom is 0.303 e. The average Bonchev–Trinajstić information content (AvgIpc) is 2.69. The number of carbonyl (C=O) groups excluding carboxylic acids is 4. The zero-order valence-corrected chi connectivity index (χ0v) is 20.6. The Bertz CT molecular complexity index is 891. The molecule has 0 spiro atoms. The van der Waals surface area contributed by atoms with Gasteiger partial charge >= 0.3 is 17.9 Å². The Morgan fingerprint density at radius 3 is 1.91 bits per heavy atom. The zero-order valence-electron chi connectivity index (χ0n) is 20.6. The summed E-state index contributed by atoms with van der Waals surface area (Å²) in [5, 5.41) is 2.67. The fourth-order valence-corrected chi connectivity index (χ4v) is 3.56. The first-order chi connectivity index (χ1) is 15.8. The molecule has 1 amide bonds. The van der Waals surface area contributed by atoms with Crippen LogP contribution in [0.4, 0.5) is 0 Å². The van der Waals surface area contributed by atoms with E-state index in [9.17, 15) is 19.2 Å². The molecule has 0 radical (unpaired) electrons. The van der Waals surface area contributed by atoms with Crippen molar-refractivity contribution in [2.75, 3.05) is 6.61 Å². The summed E-state index contributed by atoms with van der Waals surface area (Å²) in [5.41, 5.74) is 1.02. The van der Waals surface area contributed by atoms with E-state index in [0.29, 0.717) is 5.75 Å². The lowest BCUT2D eigenvalue weighted by molar-refractivity contribution is -0.257. The van der Waals surface area contributed by atoms with Crippen LogP contribution in [0.25, 0.3) is 0 Å². The predicted octanol–water partition coefficient (Wildman–Crippen LogP) is 2.02. The zero-order chi connectivity index (χ0) is 25.6. The van der Waals surface area contributed by atoms with E-state index in [1.54, 1.807) is 12.1 Å². The molecule has 1 N–H and O–H groups in total. The van der Waals surface area contributed by atoms with Gasteiger partial charge in [-0.15, -0.1) is 0 Å². The molecule has 0 saturated carbocycles. The standard InChI is InChI=1S/C24H33NO9/c1-13(26)25-20-22(32-16(4)29)21(31-15(3)28)19(12-30-14(2)27)34-23(20)33-18-10-8-17(9-11-18)24(5,6)7/h8-11,19-23H,12H2,1-7H3,(H,25,26)/t19-,20-,21-,22-,23-/m0/s1. The number of amides is 1. The number of carbonyl (C=O) groups is 4. The second kappa shape index (κ2) is 11.3. The monoisotopic (exact) mass is 479 g/mol. The topological polar surface area (TPSA) is 126 Å². The molecule has 10 nitrogen and oxygen atoms in total. The maximum absolute atomic E-state index is 12.0. The van der Waals surface area contributed by atoms with Gasteiger partial charge in [-0.05, 0) is 23.1 Å². The lowest BCUT2D eigenvalue weighted by atomic mass is 9.87. The lowest BCUT2D eigenvalue weighted by Crippen LogP contribution is -2.67. The first kappa shape index (κ1) is 27.1. The van der Waals surface area contributed by atoms with Crippen LogP contribution in [0.2, 0.25) is 0 Å². The Labute approximate surface area is 199 Å². The number of nitrogens with one attached hydrogen (secondary N) is 1. The van der Waals surface area contributed by atoms with Gasteiger partial charge in [0.1, 0.15) is 24.5 Å². The first-order valence-electron chi connectivity index (χ1n) is 11.0. The van der Waals surface area contributed by atoms with Gasteiger partial charge in [-0.3, -0.25) is 19.2 Å². The van der Waals surface area contributed by atoms with Crippen LogP contribution < -0.4 is 10.1 Å². The molecule has 1 aromatic carbocycles. The minimum Gasteiger partial charge on any atom is -0.463 e. The maximum atomic E-state index is 12.0. The minimum atomic E-state index is -1.17. The molecule has 1 saturated heterocycles. The lowest BCUT2D eigenvalue weighted by Gasteiger charge is -2.44. The van der Waals surface area contributed by atoms with Crippen molar-refractivity contribution in [2.45, 2.75) is 84.5 Å². The molecule has 0 aliphatic carbocycles. The van der Waals surface area contributed by atoms with Crippen molar-refractivity contribution in [3.63, 3.8) is 0 Å². The van der Waals surface area contributed by atoms with Crippen molar-refractivity contribution < 1.29 is 42.9 Å². The first-order valence-corrected chi connectivity index (χ1v) is 11.0. The summed E-state index contributed by atoms with van der Waals surface area (Å²) in [7, 11) is 0. The number of esters is 3. The van der Waals surface area contributed by atoms with E-state index < -0.39 is 54.5 Å². The Morgan fingerprint density at radius 2 is 1.44 bits per heavy atom. The van der Waals surface area contributed by atoms with E-state index in [0.717, 1.165) is 5.56 Å². The van der Waals surface area contributed by atoms with Crippen LogP contribution in [0.1, 0.15) is 54.0 Å². The van der Waals surface area contributed by atoms with E-state index >= 15 is 0 Å². The number of benzene rings is 1. The third kappa shape index (κ3) is 7.72. The van der Waals surface area contributed by atoms with E-state index in [2.05, 4.69) is 26.1 Å².